The van der Waals surface area contributed by atoms with Crippen LogP contribution in [0.25, 0.3) is 0 Å². The molecule has 3 atom stereocenters. The number of nitrogens with one attached hydrogen (secondary N) is 3. The minimum absolute atomic E-state index is 0.247. The smallest absolute Gasteiger partial charge is 0.243 e. The summed E-state index contributed by atoms with van der Waals surface area (Å²) < 4.78 is 0. The maximum Gasteiger partial charge on any atom is 0.243 e. The van der Waals surface area contributed by atoms with Crippen LogP contribution in [-0.2, 0) is 20.8 Å². The van der Waals surface area contributed by atoms with Gasteiger partial charge in [-0.1, -0.05) is 30.3 Å². The van der Waals surface area contributed by atoms with Gasteiger partial charge in [0.15, 0.2) is 0 Å². The van der Waals surface area contributed by atoms with Crippen molar-refractivity contribution in [3.05, 3.63) is 35.9 Å². The zero-order valence-corrected chi connectivity index (χ0v) is 15.5. The van der Waals surface area contributed by atoms with Gasteiger partial charge in [-0.2, -0.15) is 0 Å². The number of unbranched alkanes of at least 4 members (excludes halogenated alkanes) is 1. The van der Waals surface area contributed by atoms with E-state index in [-0.39, 0.29) is 11.8 Å². The van der Waals surface area contributed by atoms with Crippen LogP contribution in [0.2, 0.25) is 0 Å². The molecule has 0 fully saturated rings. The highest BCUT2D eigenvalue weighted by Gasteiger charge is 2.25. The summed E-state index contributed by atoms with van der Waals surface area (Å²) in [6.45, 7) is 2.12. The van der Waals surface area contributed by atoms with Gasteiger partial charge in [0.2, 0.25) is 11.8 Å². The van der Waals surface area contributed by atoms with Crippen LogP contribution in [0.15, 0.2) is 30.3 Å². The summed E-state index contributed by atoms with van der Waals surface area (Å²) in [7, 11) is 1.71. The van der Waals surface area contributed by atoms with Gasteiger partial charge in [0.25, 0.3) is 0 Å². The molecule has 7 heteroatoms. The van der Waals surface area contributed by atoms with Crippen molar-refractivity contribution in [1.82, 2.24) is 16.0 Å². The first-order valence-electron chi connectivity index (χ1n) is 8.99. The van der Waals surface area contributed by atoms with E-state index in [0.29, 0.717) is 32.1 Å². The van der Waals surface area contributed by atoms with Crippen LogP contribution < -0.4 is 21.7 Å². The Labute approximate surface area is 155 Å². The van der Waals surface area contributed by atoms with Crippen LogP contribution in [0.5, 0.6) is 0 Å². The third-order valence-corrected chi connectivity index (χ3v) is 4.10. The quantitative estimate of drug-likeness (QED) is 0.312. The van der Waals surface area contributed by atoms with Crippen molar-refractivity contribution in [2.75, 3.05) is 13.6 Å². The Morgan fingerprint density at radius 3 is 2.31 bits per heavy atom. The number of hydrogen-bond acceptors (Lipinski definition) is 5. The molecule has 0 aromatic heterocycles. The van der Waals surface area contributed by atoms with Crippen molar-refractivity contribution in [1.29, 1.82) is 0 Å². The Morgan fingerprint density at radius 2 is 1.73 bits per heavy atom. The lowest BCUT2D eigenvalue weighted by molar-refractivity contribution is -0.131. The van der Waals surface area contributed by atoms with Gasteiger partial charge in [0, 0.05) is 0 Å². The zero-order valence-electron chi connectivity index (χ0n) is 15.5. The van der Waals surface area contributed by atoms with Crippen molar-refractivity contribution in [2.24, 2.45) is 5.73 Å². The van der Waals surface area contributed by atoms with Crippen molar-refractivity contribution in [3.8, 4) is 0 Å². The number of carbonyl (C=O) groups excluding carboxylic acids is 3. The summed E-state index contributed by atoms with van der Waals surface area (Å²) in [5.74, 6) is -0.604. The molecule has 7 nitrogen and oxygen atoms in total. The highest BCUT2D eigenvalue weighted by atomic mass is 16.2. The van der Waals surface area contributed by atoms with Crippen LogP contribution in [0.3, 0.4) is 0 Å². The molecular weight excluding hydrogens is 332 g/mol. The van der Waals surface area contributed by atoms with E-state index in [1.54, 1.807) is 14.0 Å². The number of hydrogen-bond donors (Lipinski definition) is 4. The minimum Gasteiger partial charge on any atom is -0.345 e. The molecular formula is C19H30N4O3. The molecule has 2 amide bonds. The molecule has 26 heavy (non-hydrogen) atoms. The molecule has 0 saturated carbocycles. The van der Waals surface area contributed by atoms with Crippen LogP contribution in [0.4, 0.5) is 0 Å². The average molecular weight is 362 g/mol. The van der Waals surface area contributed by atoms with Crippen molar-refractivity contribution in [2.45, 2.75) is 50.7 Å². The number of aldehydes is 1. The van der Waals surface area contributed by atoms with Crippen molar-refractivity contribution >= 4 is 18.1 Å². The maximum absolute atomic E-state index is 12.6. The lowest BCUT2D eigenvalue weighted by atomic mass is 10.0. The van der Waals surface area contributed by atoms with E-state index in [9.17, 15) is 14.4 Å². The molecule has 0 bridgehead atoms. The van der Waals surface area contributed by atoms with E-state index in [1.807, 2.05) is 30.3 Å². The van der Waals surface area contributed by atoms with Crippen molar-refractivity contribution in [3.63, 3.8) is 0 Å². The normalized spacial score (nSPS) is 14.1. The highest BCUT2D eigenvalue weighted by Crippen LogP contribution is 2.06. The van der Waals surface area contributed by atoms with Crippen LogP contribution in [0.1, 0.15) is 31.7 Å². The average Bonchev–Trinajstić information content (AvgIpc) is 2.65. The van der Waals surface area contributed by atoms with E-state index in [0.717, 1.165) is 12.0 Å². The molecule has 0 saturated heterocycles. The number of rotatable bonds is 12. The lowest BCUT2D eigenvalue weighted by Gasteiger charge is -2.23. The molecule has 1 rings (SSSR count). The zero-order chi connectivity index (χ0) is 19.4. The molecule has 1 aromatic carbocycles. The fourth-order valence-electron chi connectivity index (χ4n) is 2.57. The summed E-state index contributed by atoms with van der Waals surface area (Å²) in [4.78, 5) is 35.8. The van der Waals surface area contributed by atoms with E-state index in [4.69, 9.17) is 5.73 Å². The van der Waals surface area contributed by atoms with E-state index in [1.165, 1.54) is 0 Å². The summed E-state index contributed by atoms with van der Waals surface area (Å²) in [6, 6.07) is 7.93. The molecule has 0 heterocycles. The van der Waals surface area contributed by atoms with E-state index >= 15 is 0 Å². The molecule has 5 N–H and O–H groups in total. The third kappa shape index (κ3) is 7.76. The topological polar surface area (TPSA) is 113 Å². The van der Waals surface area contributed by atoms with Gasteiger partial charge < -0.3 is 26.5 Å². The van der Waals surface area contributed by atoms with Gasteiger partial charge in [-0.05, 0) is 51.8 Å². The molecule has 1 aromatic rings. The monoisotopic (exact) mass is 362 g/mol. The number of nitrogens with two attached hydrogens (primary N) is 1. The molecule has 0 unspecified atom stereocenters. The molecule has 0 aliphatic heterocycles. The standard InChI is InChI=1S/C19H30N4O3/c1-14(13-24)22-18(25)16(10-6-7-11-20)23-19(26)17(21-2)12-15-8-4-3-5-9-15/h3-5,8-9,13-14,16-17,21H,6-7,10-12,20H2,1-2H3,(H,22,25)(H,23,26)/t14-,16-,17-/m0/s1. The first-order chi connectivity index (χ1) is 12.5. The second-order valence-electron chi connectivity index (χ2n) is 6.31. The Balaban J connectivity index is 2.73. The summed E-state index contributed by atoms with van der Waals surface area (Å²) in [5.41, 5.74) is 6.53. The second-order valence-corrected chi connectivity index (χ2v) is 6.31. The van der Waals surface area contributed by atoms with Gasteiger partial charge in [-0.15, -0.1) is 0 Å². The van der Waals surface area contributed by atoms with Crippen LogP contribution in [-0.4, -0.2) is 49.8 Å². The molecule has 0 spiro atoms. The van der Waals surface area contributed by atoms with Gasteiger partial charge >= 0.3 is 0 Å². The van der Waals surface area contributed by atoms with Crippen LogP contribution >= 0.6 is 0 Å². The Morgan fingerprint density at radius 1 is 1.08 bits per heavy atom. The van der Waals surface area contributed by atoms with Gasteiger partial charge in [0.05, 0.1) is 12.1 Å². The Bertz CT molecular complexity index is 565. The van der Waals surface area contributed by atoms with E-state index < -0.39 is 18.1 Å². The second kappa shape index (κ2) is 12.2. The number of benzene rings is 1. The van der Waals surface area contributed by atoms with Crippen LogP contribution in [0, 0.1) is 0 Å². The largest absolute Gasteiger partial charge is 0.345 e. The summed E-state index contributed by atoms with van der Waals surface area (Å²) >= 11 is 0. The van der Waals surface area contributed by atoms with Gasteiger partial charge in [-0.25, -0.2) is 0 Å². The molecule has 0 aliphatic rings. The van der Waals surface area contributed by atoms with Gasteiger partial charge in [-0.3, -0.25) is 9.59 Å². The van der Waals surface area contributed by atoms with Crippen molar-refractivity contribution < 1.29 is 14.4 Å². The number of carbonyl (C=O) groups is 3. The van der Waals surface area contributed by atoms with E-state index in [2.05, 4.69) is 16.0 Å². The predicted octanol–water partition coefficient (Wildman–Crippen LogP) is 0.135. The molecule has 0 aliphatic carbocycles. The Hall–Kier alpha value is -2.25. The summed E-state index contributed by atoms with van der Waals surface area (Å²) in [5, 5.41) is 8.40. The number of likely N-dealkylation sites (N-methyl/N-ethyl adjacent to an activating group) is 1. The molecule has 0 radical (unpaired) electrons. The Kier molecular flexibility index (Phi) is 10.2. The highest BCUT2D eigenvalue weighted by molar-refractivity contribution is 5.90. The number of amides is 2. The maximum atomic E-state index is 12.6. The fourth-order valence-corrected chi connectivity index (χ4v) is 2.57. The SMILES string of the molecule is CN[C@@H](Cc1ccccc1)C(=O)N[C@@H](CCCCN)C(=O)N[C@@H](C)C=O. The summed E-state index contributed by atoms with van der Waals surface area (Å²) in [6.07, 6.45) is 3.13. The first kappa shape index (κ1) is 21.8. The molecule has 144 valence electrons. The van der Waals surface area contributed by atoms with Gasteiger partial charge in [0.1, 0.15) is 12.3 Å². The third-order valence-electron chi connectivity index (χ3n) is 4.10. The predicted molar refractivity (Wildman–Crippen MR) is 101 cm³/mol. The first-order valence-corrected chi connectivity index (χ1v) is 8.99. The lowest BCUT2D eigenvalue weighted by Crippen LogP contribution is -2.54. The fraction of sp³-hybridized carbons (Fsp3) is 0.526. The minimum atomic E-state index is -0.692.